The third kappa shape index (κ3) is 47.0. The van der Waals surface area contributed by atoms with E-state index >= 15 is 0 Å². The minimum absolute atomic E-state index is 0.0649. The van der Waals surface area contributed by atoms with Crippen LogP contribution in [0.3, 0.4) is 0 Å². The second kappa shape index (κ2) is 52.5. The summed E-state index contributed by atoms with van der Waals surface area (Å²) >= 11 is 0. The number of allylic oxidation sites excluding steroid dienone is 17. The van der Waals surface area contributed by atoms with Crippen LogP contribution in [0.5, 0.6) is 0 Å². The second-order valence-electron chi connectivity index (χ2n) is 17.9. The summed E-state index contributed by atoms with van der Waals surface area (Å²) in [5.41, 5.74) is 0. The van der Waals surface area contributed by atoms with Gasteiger partial charge in [-0.2, -0.15) is 0 Å². The Labute approximate surface area is 407 Å². The monoisotopic (exact) mass is 916 g/mol. The molecule has 0 saturated carbocycles. The zero-order chi connectivity index (χ0) is 48.1. The fraction of sp³-hybridized carbons (Fsp3) is 0.667. The Hall–Kier alpha value is -3.48. The molecule has 1 amide bonds. The summed E-state index contributed by atoms with van der Waals surface area (Å²) in [6, 6.07) is -0.756. The number of carbonyl (C=O) groups excluding carboxylic acids is 2. The Kier molecular flexibility index (Phi) is 49.7. The van der Waals surface area contributed by atoms with Crippen molar-refractivity contribution in [1.29, 1.82) is 0 Å². The van der Waals surface area contributed by atoms with E-state index in [1.165, 1.54) is 89.9 Å². The van der Waals surface area contributed by atoms with Gasteiger partial charge in [0.05, 0.1) is 25.2 Å². The number of amides is 1. The number of unbranched alkanes of at least 4 members (excludes halogenated alkanes) is 19. The minimum Gasteiger partial charge on any atom is -0.458 e. The molecule has 376 valence electrons. The lowest BCUT2D eigenvalue weighted by Gasteiger charge is -2.23. The lowest BCUT2D eigenvalue weighted by Crippen LogP contribution is -2.46. The smallest absolute Gasteiger partial charge is 0.306 e. The largest absolute Gasteiger partial charge is 0.458 e. The van der Waals surface area contributed by atoms with E-state index in [0.29, 0.717) is 19.3 Å². The van der Waals surface area contributed by atoms with E-state index in [0.717, 1.165) is 96.3 Å². The third-order valence-corrected chi connectivity index (χ3v) is 11.6. The molecule has 0 heterocycles. The number of aliphatic hydroxyl groups excluding tert-OH is 2. The predicted molar refractivity (Wildman–Crippen MR) is 287 cm³/mol. The molecule has 3 N–H and O–H groups in total. The highest BCUT2D eigenvalue weighted by Crippen LogP contribution is 2.16. The van der Waals surface area contributed by atoms with E-state index in [4.69, 9.17) is 4.74 Å². The molecule has 66 heavy (non-hydrogen) atoms. The third-order valence-electron chi connectivity index (χ3n) is 11.6. The summed E-state index contributed by atoms with van der Waals surface area (Å²) < 4.78 is 5.81. The Morgan fingerprint density at radius 3 is 1.27 bits per heavy atom. The van der Waals surface area contributed by atoms with Gasteiger partial charge in [-0.1, -0.05) is 240 Å². The molecule has 3 unspecified atom stereocenters. The first-order valence-electron chi connectivity index (χ1n) is 27.1. The summed E-state index contributed by atoms with van der Waals surface area (Å²) in [5.74, 6) is -0.672. The van der Waals surface area contributed by atoms with E-state index < -0.39 is 18.2 Å². The van der Waals surface area contributed by atoms with Crippen molar-refractivity contribution in [3.63, 3.8) is 0 Å². The van der Waals surface area contributed by atoms with Crippen LogP contribution in [0.1, 0.15) is 233 Å². The van der Waals surface area contributed by atoms with E-state index in [-0.39, 0.29) is 24.9 Å². The van der Waals surface area contributed by atoms with E-state index in [1.54, 1.807) is 6.08 Å². The zero-order valence-electron chi connectivity index (χ0n) is 42.8. The Bertz CT molecular complexity index is 1350. The van der Waals surface area contributed by atoms with Crippen molar-refractivity contribution < 1.29 is 24.5 Å². The van der Waals surface area contributed by atoms with Gasteiger partial charge in [-0.15, -0.1) is 0 Å². The number of ether oxygens (including phenoxy) is 1. The Balaban J connectivity index is 4.73. The topological polar surface area (TPSA) is 95.9 Å². The maximum absolute atomic E-state index is 13.2. The van der Waals surface area contributed by atoms with Crippen molar-refractivity contribution in [2.24, 2.45) is 0 Å². The molecule has 6 nitrogen and oxygen atoms in total. The van der Waals surface area contributed by atoms with Gasteiger partial charge >= 0.3 is 5.97 Å². The van der Waals surface area contributed by atoms with Crippen LogP contribution < -0.4 is 5.32 Å². The highest BCUT2D eigenvalue weighted by Gasteiger charge is 2.23. The standard InChI is InChI=1S/C60H101NO5/c1-4-7-10-13-16-19-22-25-28-30-31-34-37-40-43-46-49-52-58(63)57(55-62)61-59(64)54-56(51-48-45-42-39-36-33-27-24-21-18-15-12-9-6-3)66-60(65)53-50-47-44-41-38-35-32-29-26-23-20-17-14-11-8-5-2/h8-9,11-12,17-18,20-21,26-27,29,33,35,38-39,42,48,51,56-58,62-63H,4-7,10,13-16,19,22-25,28,30-32,34,36-37,40-41,43-47,49-50,52-55H2,1-3H3,(H,61,64)/b11-8+,12-9+,20-17+,21-18+,29-26+,33-27+,38-35+,42-39+,51-48+. The van der Waals surface area contributed by atoms with Crippen LogP contribution in [0.2, 0.25) is 0 Å². The molecule has 0 spiro atoms. The quantitative estimate of drug-likeness (QED) is 0.0321. The highest BCUT2D eigenvalue weighted by atomic mass is 16.5. The van der Waals surface area contributed by atoms with Crippen LogP contribution in [-0.4, -0.2) is 46.9 Å². The van der Waals surface area contributed by atoms with Crippen molar-refractivity contribution >= 4 is 11.9 Å². The van der Waals surface area contributed by atoms with Gasteiger partial charge in [0.15, 0.2) is 0 Å². The van der Waals surface area contributed by atoms with Gasteiger partial charge in [-0.3, -0.25) is 9.59 Å². The fourth-order valence-corrected chi connectivity index (χ4v) is 7.56. The number of hydrogen-bond acceptors (Lipinski definition) is 5. The summed E-state index contributed by atoms with van der Waals surface area (Å²) in [6.07, 6.45) is 71.8. The van der Waals surface area contributed by atoms with Crippen LogP contribution >= 0.6 is 0 Å². The molecule has 0 aliphatic carbocycles. The average Bonchev–Trinajstić information content (AvgIpc) is 3.31. The summed E-state index contributed by atoms with van der Waals surface area (Å²) in [6.45, 7) is 6.22. The molecule has 0 aliphatic rings. The van der Waals surface area contributed by atoms with Gasteiger partial charge < -0.3 is 20.3 Å². The fourth-order valence-electron chi connectivity index (χ4n) is 7.56. The van der Waals surface area contributed by atoms with Crippen LogP contribution in [0, 0.1) is 0 Å². The first-order chi connectivity index (χ1) is 32.5. The number of aliphatic hydroxyl groups is 2. The average molecular weight is 916 g/mol. The van der Waals surface area contributed by atoms with E-state index in [9.17, 15) is 19.8 Å². The van der Waals surface area contributed by atoms with Gasteiger partial charge in [0.1, 0.15) is 6.10 Å². The van der Waals surface area contributed by atoms with Gasteiger partial charge in [-0.05, 0) is 89.5 Å². The first kappa shape index (κ1) is 62.5. The zero-order valence-corrected chi connectivity index (χ0v) is 42.8. The van der Waals surface area contributed by atoms with E-state index in [1.807, 2.05) is 6.08 Å². The summed E-state index contributed by atoms with van der Waals surface area (Å²) in [5, 5.41) is 23.8. The molecular weight excluding hydrogens is 815 g/mol. The second-order valence-corrected chi connectivity index (χ2v) is 17.9. The van der Waals surface area contributed by atoms with Crippen molar-refractivity contribution in [2.75, 3.05) is 6.61 Å². The predicted octanol–water partition coefficient (Wildman–Crippen LogP) is 16.7. The molecule has 0 aromatic heterocycles. The normalized spacial score (nSPS) is 14.1. The van der Waals surface area contributed by atoms with Gasteiger partial charge in [0, 0.05) is 6.42 Å². The maximum Gasteiger partial charge on any atom is 0.306 e. The molecule has 0 aliphatic heterocycles. The molecule has 0 fully saturated rings. The highest BCUT2D eigenvalue weighted by molar-refractivity contribution is 5.78. The first-order valence-corrected chi connectivity index (χ1v) is 27.1. The van der Waals surface area contributed by atoms with Gasteiger partial charge in [0.25, 0.3) is 0 Å². The van der Waals surface area contributed by atoms with Crippen molar-refractivity contribution in [1.82, 2.24) is 5.32 Å². The van der Waals surface area contributed by atoms with E-state index in [2.05, 4.69) is 123 Å². The number of carbonyl (C=O) groups is 2. The SMILES string of the molecule is CC/C=C/C/C=C/C/C=C/C/C=C/C/C=C/C(CC(=O)NC(CO)C(O)CCCCCCCCCCCCCCCCCCC)OC(=O)CCCCC/C=C/C/C=C/C/C=C/C/C=C/CC. The van der Waals surface area contributed by atoms with Gasteiger partial charge in [0.2, 0.25) is 5.91 Å². The Morgan fingerprint density at radius 1 is 0.470 bits per heavy atom. The maximum atomic E-state index is 13.2. The van der Waals surface area contributed by atoms with Crippen LogP contribution in [0.4, 0.5) is 0 Å². The van der Waals surface area contributed by atoms with Crippen molar-refractivity contribution in [2.45, 2.75) is 251 Å². The van der Waals surface area contributed by atoms with Gasteiger partial charge in [-0.25, -0.2) is 0 Å². The number of rotatable bonds is 47. The molecule has 0 rings (SSSR count). The molecular formula is C60H101NO5. The van der Waals surface area contributed by atoms with Crippen LogP contribution in [0.15, 0.2) is 109 Å². The molecule has 0 aromatic carbocycles. The number of esters is 1. The molecule has 6 heteroatoms. The van der Waals surface area contributed by atoms with Crippen molar-refractivity contribution in [3.05, 3.63) is 109 Å². The number of hydrogen-bond donors (Lipinski definition) is 3. The molecule has 3 atom stereocenters. The molecule has 0 radical (unpaired) electrons. The Morgan fingerprint density at radius 2 is 0.848 bits per heavy atom. The summed E-state index contributed by atoms with van der Waals surface area (Å²) in [7, 11) is 0. The van der Waals surface area contributed by atoms with Crippen LogP contribution in [-0.2, 0) is 14.3 Å². The molecule has 0 bridgehead atoms. The summed E-state index contributed by atoms with van der Waals surface area (Å²) in [4.78, 5) is 26.1. The minimum atomic E-state index is -0.832. The van der Waals surface area contributed by atoms with Crippen LogP contribution in [0.25, 0.3) is 0 Å². The lowest BCUT2D eigenvalue weighted by molar-refractivity contribution is -0.148. The molecule has 0 aromatic rings. The molecule has 0 saturated heterocycles. The number of nitrogens with one attached hydrogen (secondary N) is 1. The van der Waals surface area contributed by atoms with Crippen molar-refractivity contribution in [3.8, 4) is 0 Å². The lowest BCUT2D eigenvalue weighted by atomic mass is 10.0.